The van der Waals surface area contributed by atoms with Gasteiger partial charge in [0.15, 0.2) is 5.78 Å². The molecule has 0 bridgehead atoms. The van der Waals surface area contributed by atoms with Gasteiger partial charge in [0.25, 0.3) is 6.47 Å². The minimum absolute atomic E-state index is 0.0109. The molecule has 0 fully saturated rings. The van der Waals surface area contributed by atoms with Crippen molar-refractivity contribution >= 4 is 18.2 Å². The maximum Gasteiger partial charge on any atom is 0.310 e. The third-order valence-corrected chi connectivity index (χ3v) is 3.34. The summed E-state index contributed by atoms with van der Waals surface area (Å²) in [5.41, 5.74) is 4.69. The lowest BCUT2D eigenvalue weighted by Gasteiger charge is -2.28. The molecular weight excluding hydrogens is 314 g/mol. The van der Waals surface area contributed by atoms with Crippen LogP contribution in [-0.2, 0) is 30.3 Å². The number of ether oxygens (including phenoxy) is 2. The molecule has 0 aromatic carbocycles. The molecule has 0 spiro atoms. The fourth-order valence-electron chi connectivity index (χ4n) is 2.20. The van der Waals surface area contributed by atoms with Gasteiger partial charge in [-0.3, -0.25) is 14.4 Å². The van der Waals surface area contributed by atoms with Gasteiger partial charge < -0.3 is 20.2 Å². The molecule has 0 saturated carbocycles. The summed E-state index contributed by atoms with van der Waals surface area (Å²) in [7, 11) is 0. The number of hydrogen-bond acceptors (Lipinski definition) is 7. The number of ketones is 1. The molecule has 8 heteroatoms. The van der Waals surface area contributed by atoms with Crippen LogP contribution in [-0.4, -0.2) is 45.4 Å². The van der Waals surface area contributed by atoms with Crippen LogP contribution in [0.1, 0.15) is 46.2 Å². The molecule has 1 aromatic heterocycles. The van der Waals surface area contributed by atoms with E-state index in [1.165, 1.54) is 6.33 Å². The fraction of sp³-hybridized carbons (Fsp3) is 0.625. The van der Waals surface area contributed by atoms with Crippen LogP contribution in [0.4, 0.5) is 0 Å². The molecule has 0 aliphatic heterocycles. The highest BCUT2D eigenvalue weighted by Crippen LogP contribution is 2.21. The Hall–Kier alpha value is -2.22. The van der Waals surface area contributed by atoms with E-state index in [2.05, 4.69) is 9.97 Å². The first-order valence-corrected chi connectivity index (χ1v) is 7.63. The summed E-state index contributed by atoms with van der Waals surface area (Å²) in [6.07, 6.45) is 3.34. The Morgan fingerprint density at radius 1 is 1.29 bits per heavy atom. The van der Waals surface area contributed by atoms with Crippen molar-refractivity contribution in [3.63, 3.8) is 0 Å². The molecule has 134 valence electrons. The van der Waals surface area contributed by atoms with Gasteiger partial charge in [0, 0.05) is 24.7 Å². The highest BCUT2D eigenvalue weighted by molar-refractivity contribution is 5.85. The monoisotopic (exact) mass is 339 g/mol. The van der Waals surface area contributed by atoms with Crippen LogP contribution in [0.3, 0.4) is 0 Å². The van der Waals surface area contributed by atoms with E-state index in [1.54, 1.807) is 33.9 Å². The van der Waals surface area contributed by atoms with Gasteiger partial charge >= 0.3 is 5.97 Å². The van der Waals surface area contributed by atoms with Crippen molar-refractivity contribution in [3.8, 4) is 0 Å². The number of aromatic amines is 1. The van der Waals surface area contributed by atoms with E-state index in [9.17, 15) is 14.4 Å². The second-order valence-corrected chi connectivity index (χ2v) is 6.91. The molecule has 1 rings (SSSR count). The molecule has 0 unspecified atom stereocenters. The van der Waals surface area contributed by atoms with Gasteiger partial charge in [-0.1, -0.05) is 0 Å². The Kier molecular flexibility index (Phi) is 6.65. The number of carbonyl (C=O) groups is 3. The second kappa shape index (κ2) is 8.05. The Labute approximate surface area is 141 Å². The number of carbonyl (C=O) groups excluding carboxylic acids is 3. The van der Waals surface area contributed by atoms with Gasteiger partial charge in [-0.05, 0) is 27.7 Å². The average Bonchev–Trinajstić information content (AvgIpc) is 2.88. The molecule has 0 aliphatic rings. The standard InChI is InChI=1S/C16H25N3O5/c1-15(2,23-10-20)7-14(22)24-16(3,4)6-13(21)12(17)5-11-8-18-9-19-11/h8-10,12H,5-7,17H2,1-4H3,(H,18,19)/t12-/m0/s1. The zero-order valence-electron chi connectivity index (χ0n) is 14.5. The molecule has 0 amide bonds. The summed E-state index contributed by atoms with van der Waals surface area (Å²) >= 11 is 0. The minimum Gasteiger partial charge on any atom is -0.461 e. The lowest BCUT2D eigenvalue weighted by atomic mass is 9.95. The van der Waals surface area contributed by atoms with Gasteiger partial charge in [0.1, 0.15) is 11.2 Å². The first-order valence-electron chi connectivity index (χ1n) is 7.63. The largest absolute Gasteiger partial charge is 0.461 e. The lowest BCUT2D eigenvalue weighted by molar-refractivity contribution is -0.165. The SMILES string of the molecule is CC(C)(CC(=O)OC(C)(C)CC(=O)[C@@H](N)Cc1cnc[nH]1)OC=O. The first-order chi connectivity index (χ1) is 11.0. The van der Waals surface area contributed by atoms with Gasteiger partial charge in [-0.2, -0.15) is 0 Å². The molecular formula is C16H25N3O5. The number of rotatable bonds is 10. The predicted octanol–water partition coefficient (Wildman–Crippen LogP) is 0.902. The van der Waals surface area contributed by atoms with Gasteiger partial charge in [-0.15, -0.1) is 0 Å². The normalized spacial score (nSPS) is 13.2. The van der Waals surface area contributed by atoms with Crippen LogP contribution >= 0.6 is 0 Å². The molecule has 1 heterocycles. The summed E-state index contributed by atoms with van der Waals surface area (Å²) in [6.45, 7) is 6.76. The quantitative estimate of drug-likeness (QED) is 0.479. The average molecular weight is 339 g/mol. The van der Waals surface area contributed by atoms with Crippen molar-refractivity contribution in [1.82, 2.24) is 9.97 Å². The molecule has 0 saturated heterocycles. The Bertz CT molecular complexity index is 566. The van der Waals surface area contributed by atoms with E-state index in [4.69, 9.17) is 15.2 Å². The summed E-state index contributed by atoms with van der Waals surface area (Å²) < 4.78 is 10.2. The van der Waals surface area contributed by atoms with Crippen LogP contribution in [0, 0.1) is 0 Å². The third-order valence-electron chi connectivity index (χ3n) is 3.34. The zero-order valence-corrected chi connectivity index (χ0v) is 14.5. The maximum atomic E-state index is 12.2. The maximum absolute atomic E-state index is 12.2. The van der Waals surface area contributed by atoms with Crippen LogP contribution < -0.4 is 5.73 Å². The number of esters is 1. The van der Waals surface area contributed by atoms with Crippen molar-refractivity contribution in [2.45, 2.75) is 64.2 Å². The summed E-state index contributed by atoms with van der Waals surface area (Å²) in [4.78, 5) is 41.4. The van der Waals surface area contributed by atoms with Crippen LogP contribution in [0.15, 0.2) is 12.5 Å². The van der Waals surface area contributed by atoms with Crippen molar-refractivity contribution < 1.29 is 23.9 Å². The number of nitrogens with one attached hydrogen (secondary N) is 1. The smallest absolute Gasteiger partial charge is 0.310 e. The van der Waals surface area contributed by atoms with Crippen LogP contribution in [0.5, 0.6) is 0 Å². The number of aromatic nitrogens is 2. The van der Waals surface area contributed by atoms with Crippen molar-refractivity contribution in [1.29, 1.82) is 0 Å². The van der Waals surface area contributed by atoms with E-state index in [1.807, 2.05) is 0 Å². The highest BCUT2D eigenvalue weighted by atomic mass is 16.6. The van der Waals surface area contributed by atoms with E-state index < -0.39 is 23.2 Å². The summed E-state index contributed by atoms with van der Waals surface area (Å²) in [5, 5.41) is 0. The third kappa shape index (κ3) is 6.91. The van der Waals surface area contributed by atoms with Crippen molar-refractivity contribution in [3.05, 3.63) is 18.2 Å². The number of imidazole rings is 1. The van der Waals surface area contributed by atoms with Crippen LogP contribution in [0.2, 0.25) is 0 Å². The van der Waals surface area contributed by atoms with Gasteiger partial charge in [-0.25, -0.2) is 4.98 Å². The second-order valence-electron chi connectivity index (χ2n) is 6.91. The van der Waals surface area contributed by atoms with E-state index in [0.29, 0.717) is 6.42 Å². The number of hydrogen-bond donors (Lipinski definition) is 2. The first kappa shape index (κ1) is 19.8. The van der Waals surface area contributed by atoms with E-state index >= 15 is 0 Å². The minimum atomic E-state index is -1.00. The van der Waals surface area contributed by atoms with Crippen molar-refractivity contribution in [2.75, 3.05) is 0 Å². The highest BCUT2D eigenvalue weighted by Gasteiger charge is 2.32. The Morgan fingerprint density at radius 2 is 1.96 bits per heavy atom. The molecule has 3 N–H and O–H groups in total. The van der Waals surface area contributed by atoms with Crippen molar-refractivity contribution in [2.24, 2.45) is 5.73 Å². The molecule has 0 radical (unpaired) electrons. The Morgan fingerprint density at radius 3 is 2.50 bits per heavy atom. The predicted molar refractivity (Wildman–Crippen MR) is 85.9 cm³/mol. The van der Waals surface area contributed by atoms with E-state index in [-0.39, 0.29) is 25.1 Å². The van der Waals surface area contributed by atoms with Crippen LogP contribution in [0.25, 0.3) is 0 Å². The lowest BCUT2D eigenvalue weighted by Crippen LogP contribution is -2.40. The fourth-order valence-corrected chi connectivity index (χ4v) is 2.20. The zero-order chi connectivity index (χ0) is 18.4. The Balaban J connectivity index is 2.53. The number of nitrogens with zero attached hydrogens (tertiary/aromatic N) is 1. The molecule has 0 aliphatic carbocycles. The number of H-pyrrole nitrogens is 1. The van der Waals surface area contributed by atoms with E-state index in [0.717, 1.165) is 5.69 Å². The summed E-state index contributed by atoms with van der Waals surface area (Å²) in [6, 6.07) is -0.710. The summed E-state index contributed by atoms with van der Waals surface area (Å²) in [5.74, 6) is -0.771. The molecule has 8 nitrogen and oxygen atoms in total. The van der Waals surface area contributed by atoms with Gasteiger partial charge in [0.05, 0.1) is 18.8 Å². The van der Waals surface area contributed by atoms with Gasteiger partial charge in [0.2, 0.25) is 0 Å². The molecule has 24 heavy (non-hydrogen) atoms. The number of nitrogens with two attached hydrogens (primary N) is 1. The number of Topliss-reactive ketones (excluding diaryl/α,β-unsaturated/α-hetero) is 1. The molecule has 1 atom stereocenters. The topological polar surface area (TPSA) is 124 Å². The molecule has 1 aromatic rings.